The number of hydrogen-bond acceptors (Lipinski definition) is 7. The second kappa shape index (κ2) is 12.8. The molecule has 1 fully saturated rings. The second-order valence-electron chi connectivity index (χ2n) is 7.98. The second-order valence-corrected chi connectivity index (χ2v) is 9.82. The van der Waals surface area contributed by atoms with Crippen LogP contribution in [0.4, 0.5) is 9.18 Å². The van der Waals surface area contributed by atoms with Gasteiger partial charge < -0.3 is 18.9 Å². The van der Waals surface area contributed by atoms with Gasteiger partial charge in [-0.3, -0.25) is 14.5 Å². The molecule has 198 valence electrons. The Morgan fingerprint density at radius 2 is 1.71 bits per heavy atom. The molecule has 1 heterocycles. The summed E-state index contributed by atoms with van der Waals surface area (Å²) >= 11 is 4.35. The lowest BCUT2D eigenvalue weighted by molar-refractivity contribution is -0.123. The van der Waals surface area contributed by atoms with Crippen LogP contribution >= 0.6 is 27.7 Å². The predicted molar refractivity (Wildman–Crippen MR) is 147 cm³/mol. The first-order valence-corrected chi connectivity index (χ1v) is 13.4. The van der Waals surface area contributed by atoms with E-state index < -0.39 is 5.91 Å². The normalized spacial score (nSPS) is 14.2. The number of amides is 2. The van der Waals surface area contributed by atoms with Gasteiger partial charge in [0.2, 0.25) is 0 Å². The molecule has 10 heteroatoms. The number of methoxy groups -OCH3 is 1. The fourth-order valence-corrected chi connectivity index (χ4v) is 5.11. The van der Waals surface area contributed by atoms with E-state index in [0.29, 0.717) is 45.2 Å². The number of thioether (sulfide) groups is 1. The number of halogens is 2. The van der Waals surface area contributed by atoms with Crippen molar-refractivity contribution in [1.29, 1.82) is 0 Å². The van der Waals surface area contributed by atoms with E-state index in [9.17, 15) is 14.0 Å². The highest BCUT2D eigenvalue weighted by molar-refractivity contribution is 9.10. The standard InChI is InChI=1S/C28H25BrFNO6S/c1-3-35-24-15-18(14-20(29)26(24)37-17-19-8-4-5-9-21(19)30)16-25-27(32)31(28(33)38-25)12-13-36-23-11-7-6-10-22(23)34-2/h4-11,14-16H,3,12-13,17H2,1-2H3/b25-16-. The van der Waals surface area contributed by atoms with E-state index >= 15 is 0 Å². The lowest BCUT2D eigenvalue weighted by Crippen LogP contribution is -2.32. The molecular formula is C28H25BrFNO6S. The number of nitrogens with zero attached hydrogens (tertiary/aromatic N) is 1. The van der Waals surface area contributed by atoms with Gasteiger partial charge >= 0.3 is 0 Å². The zero-order valence-corrected chi connectivity index (χ0v) is 23.1. The lowest BCUT2D eigenvalue weighted by Gasteiger charge is -2.15. The van der Waals surface area contributed by atoms with Gasteiger partial charge in [-0.15, -0.1) is 0 Å². The number of hydrogen-bond donors (Lipinski definition) is 0. The van der Waals surface area contributed by atoms with Crippen molar-refractivity contribution in [3.8, 4) is 23.0 Å². The molecule has 0 bridgehead atoms. The van der Waals surface area contributed by atoms with Crippen LogP contribution in [0.1, 0.15) is 18.1 Å². The zero-order valence-electron chi connectivity index (χ0n) is 20.7. The monoisotopic (exact) mass is 601 g/mol. The van der Waals surface area contributed by atoms with Gasteiger partial charge in [-0.25, -0.2) is 4.39 Å². The minimum absolute atomic E-state index is 0.0144. The van der Waals surface area contributed by atoms with Gasteiger partial charge in [0.25, 0.3) is 11.1 Å². The number of benzene rings is 3. The van der Waals surface area contributed by atoms with Crippen LogP contribution in [-0.4, -0.2) is 42.9 Å². The van der Waals surface area contributed by atoms with Gasteiger partial charge in [0.1, 0.15) is 19.0 Å². The average molecular weight is 602 g/mol. The molecule has 0 saturated carbocycles. The van der Waals surface area contributed by atoms with Crippen LogP contribution in [0.5, 0.6) is 23.0 Å². The van der Waals surface area contributed by atoms with Crippen LogP contribution in [-0.2, 0) is 11.4 Å². The zero-order chi connectivity index (χ0) is 27.1. The fraction of sp³-hybridized carbons (Fsp3) is 0.214. The van der Waals surface area contributed by atoms with Crippen LogP contribution in [0.3, 0.4) is 0 Å². The van der Waals surface area contributed by atoms with Gasteiger partial charge in [-0.2, -0.15) is 0 Å². The summed E-state index contributed by atoms with van der Waals surface area (Å²) in [6.07, 6.45) is 1.62. The van der Waals surface area contributed by atoms with E-state index in [1.165, 1.54) is 6.07 Å². The highest BCUT2D eigenvalue weighted by Gasteiger charge is 2.35. The summed E-state index contributed by atoms with van der Waals surface area (Å²) in [5, 5.41) is -0.376. The van der Waals surface area contributed by atoms with E-state index in [-0.39, 0.29) is 35.7 Å². The molecule has 1 saturated heterocycles. The quantitative estimate of drug-likeness (QED) is 0.227. The minimum Gasteiger partial charge on any atom is -0.493 e. The van der Waals surface area contributed by atoms with Crippen molar-refractivity contribution >= 4 is 44.9 Å². The van der Waals surface area contributed by atoms with E-state index in [2.05, 4.69) is 15.9 Å². The molecule has 0 spiro atoms. The Morgan fingerprint density at radius 3 is 2.45 bits per heavy atom. The number of rotatable bonds is 11. The third-order valence-electron chi connectivity index (χ3n) is 5.47. The first-order chi connectivity index (χ1) is 18.4. The third kappa shape index (κ3) is 6.49. The van der Waals surface area contributed by atoms with Crippen molar-refractivity contribution in [3.05, 3.63) is 87.0 Å². The Hall–Kier alpha value is -3.50. The first-order valence-electron chi connectivity index (χ1n) is 11.7. The largest absolute Gasteiger partial charge is 0.493 e. The lowest BCUT2D eigenvalue weighted by atomic mass is 10.1. The molecule has 1 aliphatic rings. The van der Waals surface area contributed by atoms with Crippen LogP contribution in [0.25, 0.3) is 6.08 Å². The Labute approximate surface area is 232 Å². The fourth-order valence-electron chi connectivity index (χ4n) is 3.67. The summed E-state index contributed by atoms with van der Waals surface area (Å²) < 4.78 is 37.2. The van der Waals surface area contributed by atoms with Crippen molar-refractivity contribution in [3.63, 3.8) is 0 Å². The van der Waals surface area contributed by atoms with Gasteiger partial charge in [-0.05, 0) is 76.6 Å². The number of carbonyl (C=O) groups is 2. The van der Waals surface area contributed by atoms with Crippen molar-refractivity contribution in [2.24, 2.45) is 0 Å². The van der Waals surface area contributed by atoms with E-state index in [1.54, 1.807) is 55.7 Å². The van der Waals surface area contributed by atoms with Crippen LogP contribution < -0.4 is 18.9 Å². The third-order valence-corrected chi connectivity index (χ3v) is 6.97. The molecule has 4 rings (SSSR count). The summed E-state index contributed by atoms with van der Waals surface area (Å²) in [6, 6.07) is 17.0. The van der Waals surface area contributed by atoms with Crippen LogP contribution in [0, 0.1) is 5.82 Å². The van der Waals surface area contributed by atoms with Gasteiger partial charge in [0.05, 0.1) is 29.6 Å². The van der Waals surface area contributed by atoms with E-state index in [4.69, 9.17) is 18.9 Å². The molecule has 38 heavy (non-hydrogen) atoms. The molecule has 0 radical (unpaired) electrons. The predicted octanol–water partition coefficient (Wildman–Crippen LogP) is 6.69. The molecule has 1 aliphatic heterocycles. The summed E-state index contributed by atoms with van der Waals surface area (Å²) in [4.78, 5) is 27.0. The van der Waals surface area contributed by atoms with Crippen molar-refractivity contribution in [2.75, 3.05) is 26.9 Å². The Morgan fingerprint density at radius 1 is 0.974 bits per heavy atom. The van der Waals surface area contributed by atoms with Gasteiger partial charge in [-0.1, -0.05) is 30.3 Å². The first kappa shape index (κ1) is 27.5. The van der Waals surface area contributed by atoms with E-state index in [0.717, 1.165) is 16.7 Å². The number of para-hydroxylation sites is 2. The van der Waals surface area contributed by atoms with Crippen molar-refractivity contribution < 1.29 is 32.9 Å². The summed E-state index contributed by atoms with van der Waals surface area (Å²) in [5.41, 5.74) is 1.05. The summed E-state index contributed by atoms with van der Waals surface area (Å²) in [5.74, 6) is 1.17. The molecule has 0 aromatic heterocycles. The molecule has 0 aliphatic carbocycles. The average Bonchev–Trinajstić information content (AvgIpc) is 3.17. The number of ether oxygens (including phenoxy) is 4. The van der Waals surface area contributed by atoms with E-state index in [1.807, 2.05) is 19.1 Å². The van der Waals surface area contributed by atoms with Gasteiger partial charge in [0, 0.05) is 5.56 Å². The Balaban J connectivity index is 1.47. The summed E-state index contributed by atoms with van der Waals surface area (Å²) in [7, 11) is 1.54. The molecule has 0 atom stereocenters. The number of imide groups is 1. The molecule has 2 amide bonds. The molecule has 3 aromatic carbocycles. The smallest absolute Gasteiger partial charge is 0.293 e. The topological polar surface area (TPSA) is 74.3 Å². The molecular weight excluding hydrogens is 577 g/mol. The van der Waals surface area contributed by atoms with Crippen LogP contribution in [0.2, 0.25) is 0 Å². The Bertz CT molecular complexity index is 1360. The van der Waals surface area contributed by atoms with Crippen molar-refractivity contribution in [1.82, 2.24) is 4.90 Å². The molecule has 0 unspecified atom stereocenters. The molecule has 7 nitrogen and oxygen atoms in total. The summed E-state index contributed by atoms with van der Waals surface area (Å²) in [6.45, 7) is 2.44. The maximum absolute atomic E-state index is 14.0. The maximum Gasteiger partial charge on any atom is 0.293 e. The highest BCUT2D eigenvalue weighted by Crippen LogP contribution is 2.40. The number of carbonyl (C=O) groups excluding carboxylic acids is 2. The molecule has 3 aromatic rings. The minimum atomic E-state index is -0.405. The van der Waals surface area contributed by atoms with Crippen LogP contribution in [0.15, 0.2) is 70.0 Å². The maximum atomic E-state index is 14.0. The van der Waals surface area contributed by atoms with Crippen molar-refractivity contribution in [2.45, 2.75) is 13.5 Å². The SMILES string of the molecule is CCOc1cc(/C=C2\SC(=O)N(CCOc3ccccc3OC)C2=O)cc(Br)c1OCc1ccccc1F. The van der Waals surface area contributed by atoms with Gasteiger partial charge in [0.15, 0.2) is 23.0 Å². The molecule has 0 N–H and O–H groups in total. The Kier molecular flexibility index (Phi) is 9.30. The highest BCUT2D eigenvalue weighted by atomic mass is 79.9.